The van der Waals surface area contributed by atoms with E-state index in [4.69, 9.17) is 9.47 Å². The predicted octanol–water partition coefficient (Wildman–Crippen LogP) is 4.62. The normalized spacial score (nSPS) is 11.8. The van der Waals surface area contributed by atoms with Gasteiger partial charge in [-0.25, -0.2) is 8.42 Å². The molecule has 0 bridgehead atoms. The van der Waals surface area contributed by atoms with Crippen LogP contribution in [-0.2, 0) is 26.2 Å². The van der Waals surface area contributed by atoms with Crippen LogP contribution in [0.4, 0.5) is 5.69 Å². The molecule has 0 saturated carbocycles. The Bertz CT molecular complexity index is 1380. The van der Waals surface area contributed by atoms with E-state index in [1.807, 2.05) is 44.2 Å². The molecule has 3 aromatic carbocycles. The number of nitrogens with one attached hydrogen (secondary N) is 1. The summed E-state index contributed by atoms with van der Waals surface area (Å²) in [5, 5.41) is 2.93. The number of sulfonamides is 1. The molecule has 0 aliphatic carbocycles. The molecule has 0 heterocycles. The van der Waals surface area contributed by atoms with Crippen LogP contribution < -0.4 is 19.1 Å². The van der Waals surface area contributed by atoms with E-state index in [0.717, 1.165) is 22.7 Å². The van der Waals surface area contributed by atoms with Crippen LogP contribution in [0, 0.1) is 0 Å². The summed E-state index contributed by atoms with van der Waals surface area (Å²) in [6.45, 7) is 3.93. The van der Waals surface area contributed by atoms with Crippen LogP contribution in [0.25, 0.3) is 0 Å². The number of unbranched alkanes of at least 4 members (excludes halogenated alkanes) is 1. The summed E-state index contributed by atoms with van der Waals surface area (Å²) in [4.78, 5) is 28.9. The highest BCUT2D eigenvalue weighted by molar-refractivity contribution is 7.92. The van der Waals surface area contributed by atoms with E-state index in [1.165, 1.54) is 37.3 Å². The molecule has 1 N–H and O–H groups in total. The molecule has 41 heavy (non-hydrogen) atoms. The highest BCUT2D eigenvalue weighted by Gasteiger charge is 2.34. The molecule has 3 rings (SSSR count). The van der Waals surface area contributed by atoms with E-state index in [0.29, 0.717) is 18.7 Å². The third kappa shape index (κ3) is 8.00. The zero-order chi connectivity index (χ0) is 29.8. The van der Waals surface area contributed by atoms with Crippen molar-refractivity contribution >= 4 is 27.5 Å². The summed E-state index contributed by atoms with van der Waals surface area (Å²) in [7, 11) is -1.34. The molecule has 220 valence electrons. The molecular formula is C31H39N3O6S. The SMILES string of the molecule is CCCCNC(=O)[C@H](CC)N(Cc1ccccc1)C(=O)CN(c1cc(OC)ccc1OC)S(=O)(=O)c1ccccc1. The molecule has 0 saturated heterocycles. The topological polar surface area (TPSA) is 105 Å². The number of hydrogen-bond donors (Lipinski definition) is 1. The first kappa shape index (κ1) is 31.5. The molecular weight excluding hydrogens is 542 g/mol. The summed E-state index contributed by atoms with van der Waals surface area (Å²) >= 11 is 0. The van der Waals surface area contributed by atoms with Crippen molar-refractivity contribution in [1.29, 1.82) is 0 Å². The Morgan fingerprint density at radius 2 is 1.56 bits per heavy atom. The molecule has 0 aliphatic rings. The van der Waals surface area contributed by atoms with Crippen molar-refractivity contribution in [2.24, 2.45) is 0 Å². The van der Waals surface area contributed by atoms with Crippen LogP contribution in [0.2, 0.25) is 0 Å². The van der Waals surface area contributed by atoms with Gasteiger partial charge in [0.15, 0.2) is 0 Å². The number of carbonyl (C=O) groups excluding carboxylic acids is 2. The highest BCUT2D eigenvalue weighted by Crippen LogP contribution is 2.36. The predicted molar refractivity (Wildman–Crippen MR) is 160 cm³/mol. The lowest BCUT2D eigenvalue weighted by Crippen LogP contribution is -2.52. The maximum Gasteiger partial charge on any atom is 0.264 e. The Hall–Kier alpha value is -4.05. The average molecular weight is 582 g/mol. The van der Waals surface area contributed by atoms with Gasteiger partial charge in [0.2, 0.25) is 11.8 Å². The van der Waals surface area contributed by atoms with E-state index < -0.39 is 28.5 Å². The second-order valence-electron chi connectivity index (χ2n) is 9.44. The average Bonchev–Trinajstić information content (AvgIpc) is 3.00. The summed E-state index contributed by atoms with van der Waals surface area (Å²) < 4.78 is 40.0. The number of ether oxygens (including phenoxy) is 2. The van der Waals surface area contributed by atoms with E-state index >= 15 is 0 Å². The zero-order valence-electron chi connectivity index (χ0n) is 24.1. The van der Waals surface area contributed by atoms with E-state index in [2.05, 4.69) is 5.32 Å². The highest BCUT2D eigenvalue weighted by atomic mass is 32.2. The lowest BCUT2D eigenvalue weighted by Gasteiger charge is -2.33. The third-order valence-electron chi connectivity index (χ3n) is 6.68. The van der Waals surface area contributed by atoms with Crippen molar-refractivity contribution in [3.05, 3.63) is 84.4 Å². The molecule has 10 heteroatoms. The molecule has 0 unspecified atom stereocenters. The fourth-order valence-corrected chi connectivity index (χ4v) is 5.87. The van der Waals surface area contributed by atoms with Gasteiger partial charge < -0.3 is 19.7 Å². The maximum absolute atomic E-state index is 14.2. The number of hydrogen-bond acceptors (Lipinski definition) is 6. The van der Waals surface area contributed by atoms with Gasteiger partial charge in [-0.2, -0.15) is 0 Å². The van der Waals surface area contributed by atoms with Gasteiger partial charge in [0.1, 0.15) is 24.1 Å². The maximum atomic E-state index is 14.2. The summed E-state index contributed by atoms with van der Waals surface area (Å²) in [5.41, 5.74) is 0.959. The largest absolute Gasteiger partial charge is 0.497 e. The Balaban J connectivity index is 2.09. The number of benzene rings is 3. The Labute approximate surface area is 243 Å². The van der Waals surface area contributed by atoms with Gasteiger partial charge in [0, 0.05) is 19.2 Å². The zero-order valence-corrected chi connectivity index (χ0v) is 24.9. The smallest absolute Gasteiger partial charge is 0.264 e. The van der Waals surface area contributed by atoms with Crippen molar-refractivity contribution in [2.75, 3.05) is 31.6 Å². The molecule has 1 atom stereocenters. The number of amides is 2. The van der Waals surface area contributed by atoms with Gasteiger partial charge in [-0.15, -0.1) is 0 Å². The fraction of sp³-hybridized carbons (Fsp3) is 0.355. The molecule has 2 amide bonds. The van der Waals surface area contributed by atoms with Gasteiger partial charge in [0.25, 0.3) is 10.0 Å². The van der Waals surface area contributed by atoms with Crippen LogP contribution in [0.1, 0.15) is 38.7 Å². The van der Waals surface area contributed by atoms with Crippen LogP contribution in [-0.4, -0.2) is 58.5 Å². The van der Waals surface area contributed by atoms with Crippen molar-refractivity contribution < 1.29 is 27.5 Å². The van der Waals surface area contributed by atoms with Gasteiger partial charge >= 0.3 is 0 Å². The minimum absolute atomic E-state index is 0.0108. The van der Waals surface area contributed by atoms with Crippen molar-refractivity contribution in [1.82, 2.24) is 10.2 Å². The quantitative estimate of drug-likeness (QED) is 0.263. The lowest BCUT2D eigenvalue weighted by molar-refractivity contribution is -0.140. The van der Waals surface area contributed by atoms with E-state index in [9.17, 15) is 18.0 Å². The van der Waals surface area contributed by atoms with Gasteiger partial charge in [-0.05, 0) is 42.7 Å². The third-order valence-corrected chi connectivity index (χ3v) is 8.45. The first-order chi connectivity index (χ1) is 19.8. The molecule has 3 aromatic rings. The summed E-state index contributed by atoms with van der Waals surface area (Å²) in [6.07, 6.45) is 2.08. The van der Waals surface area contributed by atoms with E-state index in [-0.39, 0.29) is 28.8 Å². The van der Waals surface area contributed by atoms with Crippen molar-refractivity contribution in [3.8, 4) is 11.5 Å². The van der Waals surface area contributed by atoms with Crippen molar-refractivity contribution in [3.63, 3.8) is 0 Å². The molecule has 0 aromatic heterocycles. The van der Waals surface area contributed by atoms with Gasteiger partial charge in [-0.1, -0.05) is 68.8 Å². The number of carbonyl (C=O) groups is 2. The Kier molecular flexibility index (Phi) is 11.6. The Morgan fingerprint density at radius 1 is 0.902 bits per heavy atom. The molecule has 0 fully saturated rings. The van der Waals surface area contributed by atoms with Crippen molar-refractivity contribution in [2.45, 2.75) is 50.6 Å². The minimum atomic E-state index is -4.23. The monoisotopic (exact) mass is 581 g/mol. The van der Waals surface area contributed by atoms with Crippen LogP contribution in [0.3, 0.4) is 0 Å². The molecule has 0 spiro atoms. The number of methoxy groups -OCH3 is 2. The van der Waals surface area contributed by atoms with Crippen LogP contribution >= 0.6 is 0 Å². The summed E-state index contributed by atoms with van der Waals surface area (Å²) in [6, 6.07) is 21.1. The lowest BCUT2D eigenvalue weighted by atomic mass is 10.1. The second kappa shape index (κ2) is 15.1. The first-order valence-corrected chi connectivity index (χ1v) is 15.1. The van der Waals surface area contributed by atoms with Crippen LogP contribution in [0.15, 0.2) is 83.8 Å². The number of rotatable bonds is 15. The number of nitrogens with zero attached hydrogens (tertiary/aromatic N) is 2. The van der Waals surface area contributed by atoms with E-state index in [1.54, 1.807) is 30.3 Å². The second-order valence-corrected chi connectivity index (χ2v) is 11.3. The summed E-state index contributed by atoms with van der Waals surface area (Å²) in [5.74, 6) is -0.168. The first-order valence-electron chi connectivity index (χ1n) is 13.7. The van der Waals surface area contributed by atoms with Crippen LogP contribution in [0.5, 0.6) is 11.5 Å². The standard InChI is InChI=1S/C31H39N3O6S/c1-5-7-20-32-31(36)27(6-2)33(22-24-14-10-8-11-15-24)30(35)23-34(41(37,38)26-16-12-9-13-17-26)28-21-25(39-3)18-19-29(28)40-4/h8-19,21,27H,5-7,20,22-23H2,1-4H3,(H,32,36)/t27-/m0/s1. The molecule has 9 nitrogen and oxygen atoms in total. The van der Waals surface area contributed by atoms with Gasteiger partial charge in [-0.3, -0.25) is 13.9 Å². The minimum Gasteiger partial charge on any atom is -0.497 e. The molecule has 0 aliphatic heterocycles. The number of anilines is 1. The van der Waals surface area contributed by atoms with Gasteiger partial charge in [0.05, 0.1) is 24.8 Å². The molecule has 0 radical (unpaired) electrons. The fourth-order valence-electron chi connectivity index (χ4n) is 4.43. The Morgan fingerprint density at radius 3 is 2.15 bits per heavy atom.